The molecule has 6 nitrogen and oxygen atoms in total. The Labute approximate surface area is 177 Å². The molecule has 0 aliphatic carbocycles. The molecule has 30 heavy (non-hydrogen) atoms. The van der Waals surface area contributed by atoms with Gasteiger partial charge in [0.25, 0.3) is 5.91 Å². The third-order valence-electron chi connectivity index (χ3n) is 4.30. The van der Waals surface area contributed by atoms with Gasteiger partial charge in [-0.15, -0.1) is 0 Å². The van der Waals surface area contributed by atoms with Crippen LogP contribution in [0.1, 0.15) is 37.8 Å². The number of unbranched alkanes of at least 4 members (excludes halogenated alkanes) is 1. The van der Waals surface area contributed by atoms with Crippen molar-refractivity contribution >= 4 is 23.6 Å². The van der Waals surface area contributed by atoms with Crippen molar-refractivity contribution in [1.29, 1.82) is 0 Å². The largest absolute Gasteiger partial charge is 0.493 e. The fraction of sp³-hybridized carbons (Fsp3) is 0.333. The van der Waals surface area contributed by atoms with Crippen LogP contribution in [0.2, 0.25) is 0 Å². The SMILES string of the molecule is CCCCc1ccc(NC(=O)COC(=O)/C=C/c2ccc(OCC)c(OC)c2)cc1. The molecule has 6 heteroatoms. The molecule has 0 bridgehead atoms. The second-order valence-electron chi connectivity index (χ2n) is 6.63. The Kier molecular flexibility index (Phi) is 9.45. The van der Waals surface area contributed by atoms with Crippen LogP contribution in [0.5, 0.6) is 11.5 Å². The van der Waals surface area contributed by atoms with Crippen LogP contribution >= 0.6 is 0 Å². The maximum atomic E-state index is 12.0. The van der Waals surface area contributed by atoms with Crippen molar-refractivity contribution in [2.75, 3.05) is 25.6 Å². The summed E-state index contributed by atoms with van der Waals surface area (Å²) in [6.07, 6.45) is 6.16. The van der Waals surface area contributed by atoms with Crippen molar-refractivity contribution in [3.63, 3.8) is 0 Å². The van der Waals surface area contributed by atoms with E-state index < -0.39 is 5.97 Å². The molecule has 0 atom stereocenters. The molecule has 1 N–H and O–H groups in total. The number of amides is 1. The Morgan fingerprint density at radius 1 is 1.03 bits per heavy atom. The molecule has 0 saturated heterocycles. The molecule has 160 valence electrons. The van der Waals surface area contributed by atoms with Gasteiger partial charge in [-0.05, 0) is 61.2 Å². The highest BCUT2D eigenvalue weighted by molar-refractivity contribution is 5.94. The van der Waals surface area contributed by atoms with E-state index in [2.05, 4.69) is 12.2 Å². The van der Waals surface area contributed by atoms with Crippen molar-refractivity contribution < 1.29 is 23.8 Å². The average molecular weight is 411 g/mol. The standard InChI is InChI=1S/C24H29NO5/c1-4-6-7-18-8-12-20(13-9-18)25-23(26)17-30-24(27)15-11-19-10-14-21(29-5-2)22(16-19)28-3/h8-16H,4-7,17H2,1-3H3,(H,25,26)/b15-11+. The molecular formula is C24H29NO5. The number of anilines is 1. The van der Waals surface area contributed by atoms with Crippen LogP contribution in [0.25, 0.3) is 6.08 Å². The Balaban J connectivity index is 1.81. The number of aryl methyl sites for hydroxylation is 1. The summed E-state index contributed by atoms with van der Waals surface area (Å²) in [4.78, 5) is 23.9. The smallest absolute Gasteiger partial charge is 0.331 e. The summed E-state index contributed by atoms with van der Waals surface area (Å²) in [6.45, 7) is 4.22. The van der Waals surface area contributed by atoms with Gasteiger partial charge in [-0.25, -0.2) is 4.79 Å². The lowest BCUT2D eigenvalue weighted by atomic mass is 10.1. The highest BCUT2D eigenvalue weighted by Gasteiger charge is 2.07. The molecule has 0 fully saturated rings. The minimum absolute atomic E-state index is 0.354. The molecule has 0 unspecified atom stereocenters. The van der Waals surface area contributed by atoms with Gasteiger partial charge >= 0.3 is 5.97 Å². The number of hydrogen-bond acceptors (Lipinski definition) is 5. The summed E-state index contributed by atoms with van der Waals surface area (Å²) >= 11 is 0. The number of hydrogen-bond donors (Lipinski definition) is 1. The van der Waals surface area contributed by atoms with Crippen LogP contribution in [0.15, 0.2) is 48.5 Å². The predicted molar refractivity (Wildman–Crippen MR) is 118 cm³/mol. The second kappa shape index (κ2) is 12.3. The average Bonchev–Trinajstić information content (AvgIpc) is 2.76. The summed E-state index contributed by atoms with van der Waals surface area (Å²) in [6, 6.07) is 13.0. The van der Waals surface area contributed by atoms with Gasteiger partial charge in [0.15, 0.2) is 18.1 Å². The topological polar surface area (TPSA) is 73.9 Å². The summed E-state index contributed by atoms with van der Waals surface area (Å²) in [5.74, 6) is 0.218. The highest BCUT2D eigenvalue weighted by atomic mass is 16.5. The highest BCUT2D eigenvalue weighted by Crippen LogP contribution is 2.28. The van der Waals surface area contributed by atoms with Gasteiger partial charge in [0, 0.05) is 11.8 Å². The molecule has 2 aromatic carbocycles. The van der Waals surface area contributed by atoms with Crippen LogP contribution in [0.4, 0.5) is 5.69 Å². The van der Waals surface area contributed by atoms with Crippen LogP contribution in [0.3, 0.4) is 0 Å². The van der Waals surface area contributed by atoms with Gasteiger partial charge in [0.1, 0.15) is 0 Å². The molecule has 0 radical (unpaired) electrons. The Morgan fingerprint density at radius 3 is 2.47 bits per heavy atom. The number of methoxy groups -OCH3 is 1. The Hall–Kier alpha value is -3.28. The number of carbonyl (C=O) groups excluding carboxylic acids is 2. The second-order valence-corrected chi connectivity index (χ2v) is 6.63. The lowest BCUT2D eigenvalue weighted by molar-refractivity contribution is -0.142. The molecule has 0 saturated carbocycles. The van der Waals surface area contributed by atoms with E-state index in [9.17, 15) is 9.59 Å². The van der Waals surface area contributed by atoms with Crippen molar-refractivity contribution in [2.24, 2.45) is 0 Å². The Bertz CT molecular complexity index is 858. The predicted octanol–water partition coefficient (Wildman–Crippen LogP) is 4.63. The van der Waals surface area contributed by atoms with E-state index in [0.29, 0.717) is 23.8 Å². The van der Waals surface area contributed by atoms with Gasteiger partial charge in [-0.1, -0.05) is 31.5 Å². The van der Waals surface area contributed by atoms with E-state index in [4.69, 9.17) is 14.2 Å². The molecule has 0 aromatic heterocycles. The lowest BCUT2D eigenvalue weighted by Crippen LogP contribution is -2.20. The zero-order valence-corrected chi connectivity index (χ0v) is 17.8. The minimum Gasteiger partial charge on any atom is -0.493 e. The third kappa shape index (κ3) is 7.62. The van der Waals surface area contributed by atoms with Crippen LogP contribution in [-0.4, -0.2) is 32.2 Å². The molecule has 0 spiro atoms. The van der Waals surface area contributed by atoms with Crippen molar-refractivity contribution in [2.45, 2.75) is 33.1 Å². The zero-order chi connectivity index (χ0) is 21.8. The van der Waals surface area contributed by atoms with Crippen LogP contribution in [0, 0.1) is 0 Å². The van der Waals surface area contributed by atoms with E-state index >= 15 is 0 Å². The van der Waals surface area contributed by atoms with Crippen LogP contribution in [-0.2, 0) is 20.7 Å². The lowest BCUT2D eigenvalue weighted by Gasteiger charge is -2.09. The fourth-order valence-electron chi connectivity index (χ4n) is 2.74. The molecule has 0 aliphatic rings. The van der Waals surface area contributed by atoms with Gasteiger partial charge in [0.05, 0.1) is 13.7 Å². The number of benzene rings is 2. The van der Waals surface area contributed by atoms with Crippen molar-refractivity contribution in [3.8, 4) is 11.5 Å². The maximum absolute atomic E-state index is 12.0. The van der Waals surface area contributed by atoms with Crippen molar-refractivity contribution in [3.05, 3.63) is 59.7 Å². The molecular weight excluding hydrogens is 382 g/mol. The molecule has 2 aromatic rings. The van der Waals surface area contributed by atoms with Gasteiger partial charge in [-0.2, -0.15) is 0 Å². The number of esters is 1. The van der Waals surface area contributed by atoms with Crippen molar-refractivity contribution in [1.82, 2.24) is 0 Å². The molecule has 0 heterocycles. The van der Waals surface area contributed by atoms with Gasteiger partial charge in [-0.3, -0.25) is 4.79 Å². The summed E-state index contributed by atoms with van der Waals surface area (Å²) in [7, 11) is 1.55. The number of ether oxygens (including phenoxy) is 3. The normalized spacial score (nSPS) is 10.6. The van der Waals surface area contributed by atoms with E-state index in [-0.39, 0.29) is 12.5 Å². The number of nitrogens with one attached hydrogen (secondary N) is 1. The monoisotopic (exact) mass is 411 g/mol. The maximum Gasteiger partial charge on any atom is 0.331 e. The van der Waals surface area contributed by atoms with E-state index in [1.807, 2.05) is 31.2 Å². The van der Waals surface area contributed by atoms with Gasteiger partial charge < -0.3 is 19.5 Å². The fourth-order valence-corrected chi connectivity index (χ4v) is 2.74. The summed E-state index contributed by atoms with van der Waals surface area (Å²) < 4.78 is 15.7. The first-order valence-corrected chi connectivity index (χ1v) is 10.1. The minimum atomic E-state index is -0.604. The van der Waals surface area contributed by atoms with E-state index in [1.165, 1.54) is 11.6 Å². The molecule has 2 rings (SSSR count). The first-order valence-electron chi connectivity index (χ1n) is 10.1. The quantitative estimate of drug-likeness (QED) is 0.431. The third-order valence-corrected chi connectivity index (χ3v) is 4.30. The summed E-state index contributed by atoms with van der Waals surface area (Å²) in [5, 5.41) is 2.72. The Morgan fingerprint density at radius 2 is 1.80 bits per heavy atom. The van der Waals surface area contributed by atoms with E-state index in [1.54, 1.807) is 31.4 Å². The van der Waals surface area contributed by atoms with Gasteiger partial charge in [0.2, 0.25) is 0 Å². The van der Waals surface area contributed by atoms with E-state index in [0.717, 1.165) is 24.8 Å². The molecule has 0 aliphatic heterocycles. The first-order chi connectivity index (χ1) is 14.5. The number of carbonyl (C=O) groups is 2. The summed E-state index contributed by atoms with van der Waals surface area (Å²) in [5.41, 5.74) is 2.66. The molecule has 1 amide bonds. The number of rotatable bonds is 11. The van der Waals surface area contributed by atoms with Crippen LogP contribution < -0.4 is 14.8 Å². The zero-order valence-electron chi connectivity index (χ0n) is 17.8. The first kappa shape index (κ1) is 23.0.